The van der Waals surface area contributed by atoms with Gasteiger partial charge in [-0.25, -0.2) is 8.42 Å². The smallest absolute Gasteiger partial charge is 0.250 e. The number of amides is 1. The zero-order chi connectivity index (χ0) is 13.6. The second kappa shape index (κ2) is 6.83. The lowest BCUT2D eigenvalue weighted by molar-refractivity contribution is -0.122. The monoisotopic (exact) mass is 291 g/mol. The van der Waals surface area contributed by atoms with Crippen LogP contribution in [0.15, 0.2) is 21.7 Å². The van der Waals surface area contributed by atoms with Crippen molar-refractivity contribution in [3.05, 3.63) is 17.5 Å². The summed E-state index contributed by atoms with van der Waals surface area (Å²) in [5.41, 5.74) is 5.30. The SMILES string of the molecule is CC(NS(=O)(=O)c1cccs1)C(=O)NCCCN. The predicted molar refractivity (Wildman–Crippen MR) is 70.8 cm³/mol. The van der Waals surface area contributed by atoms with E-state index in [0.717, 1.165) is 11.3 Å². The maximum absolute atomic E-state index is 11.8. The molecule has 1 aromatic rings. The van der Waals surface area contributed by atoms with Crippen LogP contribution in [0, 0.1) is 0 Å². The minimum Gasteiger partial charge on any atom is -0.355 e. The molecule has 102 valence electrons. The summed E-state index contributed by atoms with van der Waals surface area (Å²) in [4.78, 5) is 11.6. The second-order valence-corrected chi connectivity index (χ2v) is 6.60. The van der Waals surface area contributed by atoms with Gasteiger partial charge in [-0.3, -0.25) is 4.79 Å². The molecule has 1 atom stereocenters. The summed E-state index contributed by atoms with van der Waals surface area (Å²) in [6, 6.07) is 2.33. The molecule has 0 bridgehead atoms. The van der Waals surface area contributed by atoms with Crippen molar-refractivity contribution in [2.45, 2.75) is 23.6 Å². The van der Waals surface area contributed by atoms with E-state index in [2.05, 4.69) is 10.0 Å². The van der Waals surface area contributed by atoms with Gasteiger partial charge in [-0.05, 0) is 31.3 Å². The van der Waals surface area contributed by atoms with E-state index in [9.17, 15) is 13.2 Å². The molecular weight excluding hydrogens is 274 g/mol. The largest absolute Gasteiger partial charge is 0.355 e. The van der Waals surface area contributed by atoms with Crippen LogP contribution in [0.1, 0.15) is 13.3 Å². The molecule has 0 fully saturated rings. The molecule has 4 N–H and O–H groups in total. The van der Waals surface area contributed by atoms with Crippen LogP contribution in [0.2, 0.25) is 0 Å². The van der Waals surface area contributed by atoms with Gasteiger partial charge < -0.3 is 11.1 Å². The van der Waals surface area contributed by atoms with Crippen LogP contribution in [0.25, 0.3) is 0 Å². The Kier molecular flexibility index (Phi) is 5.73. The summed E-state index contributed by atoms with van der Waals surface area (Å²) in [6.07, 6.45) is 0.663. The Balaban J connectivity index is 2.54. The van der Waals surface area contributed by atoms with Crippen LogP contribution in [-0.4, -0.2) is 33.5 Å². The fourth-order valence-electron chi connectivity index (χ4n) is 1.23. The van der Waals surface area contributed by atoms with Crippen molar-refractivity contribution >= 4 is 27.3 Å². The van der Waals surface area contributed by atoms with Crippen LogP contribution >= 0.6 is 11.3 Å². The molecule has 0 aliphatic rings. The minimum absolute atomic E-state index is 0.198. The minimum atomic E-state index is -3.61. The molecule has 0 saturated heterocycles. The predicted octanol–water partition coefficient (Wildman–Crippen LogP) is -0.120. The van der Waals surface area contributed by atoms with Gasteiger partial charge in [0.15, 0.2) is 0 Å². The van der Waals surface area contributed by atoms with Crippen LogP contribution in [0.3, 0.4) is 0 Å². The van der Waals surface area contributed by atoms with E-state index in [0.29, 0.717) is 19.5 Å². The number of carbonyl (C=O) groups excluding carboxylic acids is 1. The van der Waals surface area contributed by atoms with Gasteiger partial charge in [0.05, 0.1) is 6.04 Å². The first-order valence-corrected chi connectivity index (χ1v) is 7.87. The van der Waals surface area contributed by atoms with Crippen LogP contribution < -0.4 is 15.8 Å². The summed E-state index contributed by atoms with van der Waals surface area (Å²) in [5.74, 6) is -0.358. The maximum atomic E-state index is 11.8. The Labute approximate surface area is 111 Å². The third-order valence-corrected chi connectivity index (χ3v) is 5.10. The Morgan fingerprint density at radius 2 is 2.28 bits per heavy atom. The van der Waals surface area contributed by atoms with Crippen LogP contribution in [0.5, 0.6) is 0 Å². The number of carbonyl (C=O) groups is 1. The lowest BCUT2D eigenvalue weighted by Gasteiger charge is -2.13. The number of rotatable bonds is 7. The van der Waals surface area contributed by atoms with Gasteiger partial charge in [-0.15, -0.1) is 11.3 Å². The Bertz CT molecular complexity index is 471. The van der Waals surface area contributed by atoms with Crippen molar-refractivity contribution < 1.29 is 13.2 Å². The standard InChI is InChI=1S/C10H17N3O3S2/c1-8(10(14)12-6-3-5-11)13-18(15,16)9-4-2-7-17-9/h2,4,7-8,13H,3,5-6,11H2,1H3,(H,12,14). The highest BCUT2D eigenvalue weighted by molar-refractivity contribution is 7.91. The number of thiophene rings is 1. The fourth-order valence-corrected chi connectivity index (χ4v) is 3.44. The zero-order valence-electron chi connectivity index (χ0n) is 10.0. The van der Waals surface area contributed by atoms with Gasteiger partial charge in [0.25, 0.3) is 10.0 Å². The van der Waals surface area contributed by atoms with E-state index in [4.69, 9.17) is 5.73 Å². The first-order valence-electron chi connectivity index (χ1n) is 5.51. The normalized spacial score (nSPS) is 13.2. The highest BCUT2D eigenvalue weighted by atomic mass is 32.2. The van der Waals surface area contributed by atoms with Gasteiger partial charge in [0, 0.05) is 6.54 Å². The molecule has 0 aromatic carbocycles. The topological polar surface area (TPSA) is 101 Å². The first-order chi connectivity index (χ1) is 8.47. The Morgan fingerprint density at radius 3 is 2.83 bits per heavy atom. The molecule has 0 aliphatic heterocycles. The van der Waals surface area contributed by atoms with Crippen molar-refractivity contribution in [2.24, 2.45) is 5.73 Å². The third kappa shape index (κ3) is 4.37. The Morgan fingerprint density at radius 1 is 1.56 bits per heavy atom. The highest BCUT2D eigenvalue weighted by Crippen LogP contribution is 2.15. The van der Waals surface area contributed by atoms with Gasteiger partial charge in [-0.2, -0.15) is 4.72 Å². The van der Waals surface area contributed by atoms with Crippen molar-refractivity contribution in [3.63, 3.8) is 0 Å². The average molecular weight is 291 g/mol. The molecule has 1 unspecified atom stereocenters. The molecule has 8 heteroatoms. The fraction of sp³-hybridized carbons (Fsp3) is 0.500. The quantitative estimate of drug-likeness (QED) is 0.610. The van der Waals surface area contributed by atoms with Crippen molar-refractivity contribution in [2.75, 3.05) is 13.1 Å². The van der Waals surface area contributed by atoms with E-state index in [1.54, 1.807) is 11.4 Å². The maximum Gasteiger partial charge on any atom is 0.250 e. The molecular formula is C10H17N3O3S2. The molecule has 0 aliphatic carbocycles. The van der Waals surface area contributed by atoms with Gasteiger partial charge >= 0.3 is 0 Å². The zero-order valence-corrected chi connectivity index (χ0v) is 11.7. The third-order valence-electron chi connectivity index (χ3n) is 2.17. The van der Waals surface area contributed by atoms with E-state index in [1.165, 1.54) is 13.0 Å². The van der Waals surface area contributed by atoms with Crippen molar-refractivity contribution in [3.8, 4) is 0 Å². The van der Waals surface area contributed by atoms with E-state index >= 15 is 0 Å². The molecule has 1 amide bonds. The van der Waals surface area contributed by atoms with Gasteiger partial charge in [0.1, 0.15) is 4.21 Å². The average Bonchev–Trinajstić information content (AvgIpc) is 2.82. The van der Waals surface area contributed by atoms with E-state index in [-0.39, 0.29) is 10.1 Å². The molecule has 1 aromatic heterocycles. The van der Waals surface area contributed by atoms with Crippen LogP contribution in [-0.2, 0) is 14.8 Å². The summed E-state index contributed by atoms with van der Waals surface area (Å²) in [5, 5.41) is 4.28. The molecule has 0 spiro atoms. The van der Waals surface area contributed by atoms with Crippen molar-refractivity contribution in [1.29, 1.82) is 0 Å². The summed E-state index contributed by atoms with van der Waals surface area (Å²) >= 11 is 1.11. The van der Waals surface area contributed by atoms with Crippen LogP contribution in [0.4, 0.5) is 0 Å². The lowest BCUT2D eigenvalue weighted by atomic mass is 10.3. The Hall–Kier alpha value is -0.960. The van der Waals surface area contributed by atoms with Gasteiger partial charge in [-0.1, -0.05) is 6.07 Å². The van der Waals surface area contributed by atoms with E-state index in [1.807, 2.05) is 0 Å². The number of nitrogens with one attached hydrogen (secondary N) is 2. The summed E-state index contributed by atoms with van der Waals surface area (Å²) < 4.78 is 26.2. The number of sulfonamides is 1. The van der Waals surface area contributed by atoms with Gasteiger partial charge in [0.2, 0.25) is 5.91 Å². The molecule has 1 heterocycles. The molecule has 0 radical (unpaired) electrons. The molecule has 6 nitrogen and oxygen atoms in total. The molecule has 18 heavy (non-hydrogen) atoms. The number of hydrogen-bond acceptors (Lipinski definition) is 5. The van der Waals surface area contributed by atoms with E-state index < -0.39 is 16.1 Å². The second-order valence-electron chi connectivity index (χ2n) is 3.71. The molecule has 1 rings (SSSR count). The number of hydrogen-bond donors (Lipinski definition) is 3. The number of nitrogens with two attached hydrogens (primary N) is 1. The summed E-state index contributed by atoms with van der Waals surface area (Å²) in [7, 11) is -3.61. The lowest BCUT2D eigenvalue weighted by Crippen LogP contribution is -2.45. The highest BCUT2D eigenvalue weighted by Gasteiger charge is 2.22. The van der Waals surface area contributed by atoms with Crippen molar-refractivity contribution in [1.82, 2.24) is 10.0 Å². The summed E-state index contributed by atoms with van der Waals surface area (Å²) in [6.45, 7) is 2.43. The molecule has 0 saturated carbocycles. The first kappa shape index (κ1) is 15.1.